The molecule has 1 atom stereocenters. The van der Waals surface area contributed by atoms with E-state index in [1.807, 2.05) is 30.3 Å². The van der Waals surface area contributed by atoms with Crippen molar-refractivity contribution < 1.29 is 14.4 Å². The summed E-state index contributed by atoms with van der Waals surface area (Å²) in [4.78, 5) is 37.6. The molecule has 1 aromatic rings. The molecule has 2 N–H and O–H groups in total. The summed E-state index contributed by atoms with van der Waals surface area (Å²) in [5, 5.41) is 5.45. The van der Waals surface area contributed by atoms with Gasteiger partial charge in [0.1, 0.15) is 12.1 Å². The minimum absolute atomic E-state index is 0.255. The Kier molecular flexibility index (Phi) is 5.59. The number of benzene rings is 1. The van der Waals surface area contributed by atoms with E-state index in [2.05, 4.69) is 24.5 Å². The molecule has 1 saturated heterocycles. The van der Waals surface area contributed by atoms with Crippen LogP contribution in [0.25, 0.3) is 0 Å². The average molecular weight is 331 g/mol. The fourth-order valence-corrected chi connectivity index (χ4v) is 2.63. The van der Waals surface area contributed by atoms with E-state index in [1.54, 1.807) is 6.92 Å². The molecule has 0 bridgehead atoms. The van der Waals surface area contributed by atoms with Crippen molar-refractivity contribution in [2.24, 2.45) is 5.92 Å². The third-order valence-electron chi connectivity index (χ3n) is 4.20. The van der Waals surface area contributed by atoms with Crippen LogP contribution in [0.4, 0.5) is 4.79 Å². The number of nitrogens with one attached hydrogen (secondary N) is 2. The van der Waals surface area contributed by atoms with Crippen molar-refractivity contribution in [2.45, 2.75) is 45.7 Å². The molecule has 1 aliphatic heterocycles. The number of nitrogens with zero attached hydrogens (tertiary/aromatic N) is 1. The quantitative estimate of drug-likeness (QED) is 0.751. The van der Waals surface area contributed by atoms with E-state index in [4.69, 9.17) is 0 Å². The SMILES string of the molecule is CC(C)CC[C@]1(C)NC(=O)N(CC(=O)NCc2ccccc2)C1=O. The van der Waals surface area contributed by atoms with Gasteiger partial charge in [0, 0.05) is 6.54 Å². The molecule has 4 amide bonds. The third-order valence-corrected chi connectivity index (χ3v) is 4.20. The van der Waals surface area contributed by atoms with E-state index in [1.165, 1.54) is 0 Å². The monoisotopic (exact) mass is 331 g/mol. The van der Waals surface area contributed by atoms with Crippen molar-refractivity contribution >= 4 is 17.8 Å². The van der Waals surface area contributed by atoms with Crippen molar-refractivity contribution in [3.05, 3.63) is 35.9 Å². The van der Waals surface area contributed by atoms with Crippen LogP contribution in [0, 0.1) is 5.92 Å². The molecule has 1 aromatic carbocycles. The van der Waals surface area contributed by atoms with Gasteiger partial charge in [0.05, 0.1) is 0 Å². The summed E-state index contributed by atoms with van der Waals surface area (Å²) in [5.74, 6) is -0.242. The maximum absolute atomic E-state index is 12.5. The molecule has 0 spiro atoms. The predicted octanol–water partition coefficient (Wildman–Crippen LogP) is 2.05. The van der Waals surface area contributed by atoms with Gasteiger partial charge in [0.15, 0.2) is 0 Å². The highest BCUT2D eigenvalue weighted by atomic mass is 16.2. The Labute approximate surface area is 142 Å². The molecule has 0 radical (unpaired) electrons. The highest BCUT2D eigenvalue weighted by Crippen LogP contribution is 2.24. The smallest absolute Gasteiger partial charge is 0.325 e. The van der Waals surface area contributed by atoms with Crippen LogP contribution >= 0.6 is 0 Å². The fraction of sp³-hybridized carbons (Fsp3) is 0.500. The Morgan fingerprint density at radius 3 is 2.54 bits per heavy atom. The highest BCUT2D eigenvalue weighted by Gasteiger charge is 2.47. The summed E-state index contributed by atoms with van der Waals surface area (Å²) in [6.07, 6.45) is 1.40. The molecule has 1 aliphatic rings. The molecule has 2 rings (SSSR count). The molecule has 130 valence electrons. The molecule has 6 nitrogen and oxygen atoms in total. The lowest BCUT2D eigenvalue weighted by atomic mass is 9.92. The van der Waals surface area contributed by atoms with Crippen LogP contribution in [0.1, 0.15) is 39.2 Å². The lowest BCUT2D eigenvalue weighted by Crippen LogP contribution is -2.45. The average Bonchev–Trinajstić information content (AvgIpc) is 2.76. The molecule has 0 unspecified atom stereocenters. The number of rotatable bonds is 7. The number of urea groups is 1. The number of carbonyl (C=O) groups excluding carboxylic acids is 3. The molecule has 0 saturated carbocycles. The summed E-state index contributed by atoms with van der Waals surface area (Å²) >= 11 is 0. The van der Waals surface area contributed by atoms with E-state index < -0.39 is 11.6 Å². The van der Waals surface area contributed by atoms with Crippen LogP contribution in [-0.4, -0.2) is 34.8 Å². The first-order valence-corrected chi connectivity index (χ1v) is 8.26. The maximum Gasteiger partial charge on any atom is 0.325 e. The molecular weight excluding hydrogens is 306 g/mol. The highest BCUT2D eigenvalue weighted by molar-refractivity contribution is 6.08. The van der Waals surface area contributed by atoms with Gasteiger partial charge >= 0.3 is 6.03 Å². The first-order chi connectivity index (χ1) is 11.3. The summed E-state index contributed by atoms with van der Waals surface area (Å²) in [5.41, 5.74) is 0.0472. The van der Waals surface area contributed by atoms with Gasteiger partial charge in [0.2, 0.25) is 5.91 Å². The Morgan fingerprint density at radius 1 is 1.25 bits per heavy atom. The number of hydrogen-bond donors (Lipinski definition) is 2. The lowest BCUT2D eigenvalue weighted by Gasteiger charge is -2.22. The van der Waals surface area contributed by atoms with E-state index in [9.17, 15) is 14.4 Å². The number of imide groups is 1. The summed E-state index contributed by atoms with van der Waals surface area (Å²) in [6, 6.07) is 8.98. The Bertz CT molecular complexity index is 615. The van der Waals surface area contributed by atoms with Crippen molar-refractivity contribution in [1.82, 2.24) is 15.5 Å². The Morgan fingerprint density at radius 2 is 1.92 bits per heavy atom. The normalized spacial score (nSPS) is 20.4. The van der Waals surface area contributed by atoms with Gasteiger partial charge in [-0.05, 0) is 31.2 Å². The number of hydrogen-bond acceptors (Lipinski definition) is 3. The lowest BCUT2D eigenvalue weighted by molar-refractivity contribution is -0.134. The van der Waals surface area contributed by atoms with Gasteiger partial charge < -0.3 is 10.6 Å². The van der Waals surface area contributed by atoms with Gasteiger partial charge in [-0.1, -0.05) is 44.2 Å². The van der Waals surface area contributed by atoms with E-state index in [-0.39, 0.29) is 18.4 Å². The number of amides is 4. The van der Waals surface area contributed by atoms with Gasteiger partial charge in [-0.25, -0.2) is 4.79 Å². The van der Waals surface area contributed by atoms with E-state index >= 15 is 0 Å². The van der Waals surface area contributed by atoms with Gasteiger partial charge in [-0.15, -0.1) is 0 Å². The molecule has 1 heterocycles. The van der Waals surface area contributed by atoms with Crippen molar-refractivity contribution in [3.63, 3.8) is 0 Å². The molecule has 0 aliphatic carbocycles. The summed E-state index contributed by atoms with van der Waals surface area (Å²) in [7, 11) is 0. The molecule has 6 heteroatoms. The van der Waals surface area contributed by atoms with Crippen LogP contribution < -0.4 is 10.6 Å². The second kappa shape index (κ2) is 7.47. The second-order valence-electron chi connectivity index (χ2n) is 6.85. The summed E-state index contributed by atoms with van der Waals surface area (Å²) in [6.45, 7) is 5.97. The Balaban J connectivity index is 1.90. The molecule has 1 fully saturated rings. The van der Waals surface area contributed by atoms with E-state index in [0.717, 1.165) is 16.9 Å². The van der Waals surface area contributed by atoms with Crippen molar-refractivity contribution in [3.8, 4) is 0 Å². The predicted molar refractivity (Wildman–Crippen MR) is 91.0 cm³/mol. The standard InChI is InChI=1S/C18H25N3O3/c1-13(2)9-10-18(3)16(23)21(17(24)20-18)12-15(22)19-11-14-7-5-4-6-8-14/h4-8,13H,9-12H2,1-3H3,(H,19,22)(H,20,24)/t18-/m0/s1. The molecule has 24 heavy (non-hydrogen) atoms. The first kappa shape index (κ1) is 18.0. The topological polar surface area (TPSA) is 78.5 Å². The van der Waals surface area contributed by atoms with Gasteiger partial charge in [0.25, 0.3) is 5.91 Å². The van der Waals surface area contributed by atoms with Gasteiger partial charge in [-0.2, -0.15) is 0 Å². The molecule has 0 aromatic heterocycles. The van der Waals surface area contributed by atoms with Crippen LogP contribution in [0.3, 0.4) is 0 Å². The first-order valence-electron chi connectivity index (χ1n) is 8.26. The van der Waals surface area contributed by atoms with Crippen molar-refractivity contribution in [2.75, 3.05) is 6.54 Å². The van der Waals surface area contributed by atoms with Crippen molar-refractivity contribution in [1.29, 1.82) is 0 Å². The van der Waals surface area contributed by atoms with Crippen LogP contribution in [0.5, 0.6) is 0 Å². The zero-order chi connectivity index (χ0) is 17.7. The number of carbonyl (C=O) groups is 3. The zero-order valence-corrected chi connectivity index (χ0v) is 14.5. The van der Waals surface area contributed by atoms with Gasteiger partial charge in [-0.3, -0.25) is 14.5 Å². The minimum Gasteiger partial charge on any atom is -0.350 e. The second-order valence-corrected chi connectivity index (χ2v) is 6.85. The van der Waals surface area contributed by atoms with E-state index in [0.29, 0.717) is 18.9 Å². The zero-order valence-electron chi connectivity index (χ0n) is 14.5. The summed E-state index contributed by atoms with van der Waals surface area (Å²) < 4.78 is 0. The fourth-order valence-electron chi connectivity index (χ4n) is 2.63. The maximum atomic E-state index is 12.5. The van der Waals surface area contributed by atoms with Crippen LogP contribution in [-0.2, 0) is 16.1 Å². The van der Waals surface area contributed by atoms with Crippen LogP contribution in [0.2, 0.25) is 0 Å². The third kappa shape index (κ3) is 4.34. The Hall–Kier alpha value is -2.37. The van der Waals surface area contributed by atoms with Crippen LogP contribution in [0.15, 0.2) is 30.3 Å². The minimum atomic E-state index is -0.916. The largest absolute Gasteiger partial charge is 0.350 e. The molecular formula is C18H25N3O3.